The van der Waals surface area contributed by atoms with E-state index in [9.17, 15) is 4.39 Å². The Balaban J connectivity index is 1.75. The topological polar surface area (TPSA) is 42.1 Å². The summed E-state index contributed by atoms with van der Waals surface area (Å²) >= 11 is 0. The summed E-state index contributed by atoms with van der Waals surface area (Å²) < 4.78 is 12.8. The van der Waals surface area contributed by atoms with E-state index in [1.807, 2.05) is 0 Å². The molecule has 1 saturated heterocycles. The van der Waals surface area contributed by atoms with Gasteiger partial charge in [0.1, 0.15) is 5.82 Å². The monoisotopic (exact) mass is 265 g/mol. The van der Waals surface area contributed by atoms with Crippen LogP contribution in [0.5, 0.6) is 0 Å². The number of nitrogens with zero attached hydrogens (tertiary/aromatic N) is 2. The van der Waals surface area contributed by atoms with E-state index < -0.39 is 0 Å². The summed E-state index contributed by atoms with van der Waals surface area (Å²) in [6.45, 7) is 5.65. The molecule has 0 saturated carbocycles. The van der Waals surface area contributed by atoms with Gasteiger partial charge in [0.15, 0.2) is 0 Å². The van der Waals surface area contributed by atoms with Gasteiger partial charge in [-0.3, -0.25) is 4.98 Å². The quantitative estimate of drug-likeness (QED) is 0.890. The largest absolute Gasteiger partial charge is 0.323 e. The van der Waals surface area contributed by atoms with Gasteiger partial charge in [-0.2, -0.15) is 0 Å². The number of rotatable bonds is 5. The highest BCUT2D eigenvalue weighted by Crippen LogP contribution is 2.21. The lowest BCUT2D eigenvalue weighted by atomic mass is 9.94. The molecule has 1 aromatic rings. The number of piperidine rings is 1. The number of hydrogen-bond acceptors (Lipinski definition) is 3. The van der Waals surface area contributed by atoms with Gasteiger partial charge < -0.3 is 10.6 Å². The second kappa shape index (κ2) is 6.96. The van der Waals surface area contributed by atoms with Gasteiger partial charge in [0.05, 0.1) is 11.9 Å². The van der Waals surface area contributed by atoms with Gasteiger partial charge >= 0.3 is 0 Å². The van der Waals surface area contributed by atoms with Gasteiger partial charge in [0.25, 0.3) is 0 Å². The van der Waals surface area contributed by atoms with Crippen molar-refractivity contribution >= 4 is 0 Å². The zero-order valence-corrected chi connectivity index (χ0v) is 11.7. The molecule has 3 nitrogen and oxygen atoms in total. The molecule has 2 rings (SSSR count). The summed E-state index contributed by atoms with van der Waals surface area (Å²) in [5.41, 5.74) is 6.89. The Morgan fingerprint density at radius 3 is 2.74 bits per heavy atom. The molecule has 106 valence electrons. The van der Waals surface area contributed by atoms with E-state index in [4.69, 9.17) is 5.73 Å². The van der Waals surface area contributed by atoms with Gasteiger partial charge in [0, 0.05) is 6.04 Å². The molecule has 1 aliphatic heterocycles. The lowest BCUT2D eigenvalue weighted by molar-refractivity contribution is 0.177. The number of hydrogen-bond donors (Lipinski definition) is 1. The van der Waals surface area contributed by atoms with E-state index in [0.29, 0.717) is 0 Å². The van der Waals surface area contributed by atoms with Gasteiger partial charge in [-0.25, -0.2) is 4.39 Å². The van der Waals surface area contributed by atoms with Gasteiger partial charge in [0.2, 0.25) is 0 Å². The Labute approximate surface area is 115 Å². The summed E-state index contributed by atoms with van der Waals surface area (Å²) in [6, 6.07) is 3.02. The van der Waals surface area contributed by atoms with Crippen molar-refractivity contribution in [2.45, 2.75) is 38.6 Å². The van der Waals surface area contributed by atoms with Crippen molar-refractivity contribution in [3.05, 3.63) is 29.8 Å². The molecular weight excluding hydrogens is 241 g/mol. The summed E-state index contributed by atoms with van der Waals surface area (Å²) in [5.74, 6) is 0.598. The SMILES string of the molecule is CCC1CCN(CCC(N)c2ccc(F)cn2)CC1. The fraction of sp³-hybridized carbons (Fsp3) is 0.667. The Hall–Kier alpha value is -1.00. The molecule has 0 aliphatic carbocycles. The lowest BCUT2D eigenvalue weighted by Crippen LogP contribution is -2.35. The molecule has 0 amide bonds. The molecule has 4 heteroatoms. The molecule has 2 N–H and O–H groups in total. The first-order valence-corrected chi connectivity index (χ1v) is 7.28. The maximum Gasteiger partial charge on any atom is 0.141 e. The predicted molar refractivity (Wildman–Crippen MR) is 75.2 cm³/mol. The molecule has 2 heterocycles. The summed E-state index contributed by atoms with van der Waals surface area (Å²) in [6.07, 6.45) is 6.03. The van der Waals surface area contributed by atoms with Crippen LogP contribution in [0.4, 0.5) is 4.39 Å². The fourth-order valence-corrected chi connectivity index (χ4v) is 2.69. The molecule has 0 radical (unpaired) electrons. The van der Waals surface area contributed by atoms with Crippen LogP contribution in [0.3, 0.4) is 0 Å². The number of aromatic nitrogens is 1. The van der Waals surface area contributed by atoms with E-state index in [2.05, 4.69) is 16.8 Å². The maximum atomic E-state index is 12.8. The number of pyridine rings is 1. The van der Waals surface area contributed by atoms with Crippen molar-refractivity contribution in [2.24, 2.45) is 11.7 Å². The summed E-state index contributed by atoms with van der Waals surface area (Å²) in [5, 5.41) is 0. The zero-order valence-electron chi connectivity index (χ0n) is 11.7. The minimum atomic E-state index is -0.308. The minimum Gasteiger partial charge on any atom is -0.323 e. The van der Waals surface area contributed by atoms with Crippen LogP contribution in [0.1, 0.15) is 44.3 Å². The Morgan fingerprint density at radius 1 is 1.42 bits per heavy atom. The molecule has 1 aliphatic rings. The van der Waals surface area contributed by atoms with E-state index >= 15 is 0 Å². The van der Waals surface area contributed by atoms with Crippen LogP contribution in [0.2, 0.25) is 0 Å². The Bertz CT molecular complexity index is 371. The normalized spacial score (nSPS) is 19.5. The van der Waals surface area contributed by atoms with Crippen molar-refractivity contribution in [3.8, 4) is 0 Å². The van der Waals surface area contributed by atoms with Crippen molar-refractivity contribution in [3.63, 3.8) is 0 Å². The van der Waals surface area contributed by atoms with Crippen LogP contribution in [0.15, 0.2) is 18.3 Å². The van der Waals surface area contributed by atoms with Crippen LogP contribution in [0, 0.1) is 11.7 Å². The van der Waals surface area contributed by atoms with E-state index in [0.717, 1.165) is 24.6 Å². The molecule has 0 spiro atoms. The Kier molecular flexibility index (Phi) is 5.28. The average molecular weight is 265 g/mol. The molecule has 1 aromatic heterocycles. The number of likely N-dealkylation sites (tertiary alicyclic amines) is 1. The molecule has 1 atom stereocenters. The van der Waals surface area contributed by atoms with Crippen molar-refractivity contribution in [1.29, 1.82) is 0 Å². The third-order valence-electron chi connectivity index (χ3n) is 4.17. The third kappa shape index (κ3) is 4.25. The third-order valence-corrected chi connectivity index (χ3v) is 4.17. The van der Waals surface area contributed by atoms with Crippen LogP contribution < -0.4 is 5.73 Å². The molecule has 19 heavy (non-hydrogen) atoms. The van der Waals surface area contributed by atoms with Crippen LogP contribution in [0.25, 0.3) is 0 Å². The van der Waals surface area contributed by atoms with Crippen molar-refractivity contribution in [2.75, 3.05) is 19.6 Å². The molecule has 0 bridgehead atoms. The fourth-order valence-electron chi connectivity index (χ4n) is 2.69. The van der Waals surface area contributed by atoms with E-state index in [-0.39, 0.29) is 11.9 Å². The van der Waals surface area contributed by atoms with E-state index in [1.54, 1.807) is 6.07 Å². The number of nitrogens with two attached hydrogens (primary N) is 1. The highest BCUT2D eigenvalue weighted by atomic mass is 19.1. The van der Waals surface area contributed by atoms with Crippen LogP contribution >= 0.6 is 0 Å². The first-order chi connectivity index (χ1) is 9.19. The number of halogens is 1. The molecule has 1 unspecified atom stereocenters. The zero-order chi connectivity index (χ0) is 13.7. The van der Waals surface area contributed by atoms with Crippen LogP contribution in [-0.2, 0) is 0 Å². The lowest BCUT2D eigenvalue weighted by Gasteiger charge is -2.32. The molecular formula is C15H24FN3. The Morgan fingerprint density at radius 2 is 2.16 bits per heavy atom. The maximum absolute atomic E-state index is 12.8. The minimum absolute atomic E-state index is 0.0931. The first kappa shape index (κ1) is 14.4. The first-order valence-electron chi connectivity index (χ1n) is 7.28. The average Bonchev–Trinajstić information content (AvgIpc) is 2.46. The highest BCUT2D eigenvalue weighted by Gasteiger charge is 2.18. The second-order valence-electron chi connectivity index (χ2n) is 5.49. The van der Waals surface area contributed by atoms with Gasteiger partial charge in [-0.15, -0.1) is 0 Å². The predicted octanol–water partition coefficient (Wildman–Crippen LogP) is 2.73. The van der Waals surface area contributed by atoms with Crippen molar-refractivity contribution in [1.82, 2.24) is 9.88 Å². The van der Waals surface area contributed by atoms with Crippen LogP contribution in [-0.4, -0.2) is 29.5 Å². The highest BCUT2D eigenvalue weighted by molar-refractivity contribution is 5.09. The standard InChI is InChI=1S/C15H24FN3/c1-2-12-5-8-19(9-6-12)10-7-14(17)15-4-3-13(16)11-18-15/h3-4,11-12,14H,2,5-10,17H2,1H3. The smallest absolute Gasteiger partial charge is 0.141 e. The summed E-state index contributed by atoms with van der Waals surface area (Å²) in [7, 11) is 0. The van der Waals surface area contributed by atoms with E-state index in [1.165, 1.54) is 44.6 Å². The summed E-state index contributed by atoms with van der Waals surface area (Å²) in [4.78, 5) is 6.53. The molecule has 1 fully saturated rings. The second-order valence-corrected chi connectivity index (χ2v) is 5.49. The van der Waals surface area contributed by atoms with Gasteiger partial charge in [-0.05, 0) is 56.9 Å². The van der Waals surface area contributed by atoms with Gasteiger partial charge in [-0.1, -0.05) is 13.3 Å². The van der Waals surface area contributed by atoms with Crippen molar-refractivity contribution < 1.29 is 4.39 Å². The molecule has 0 aromatic carbocycles.